The fraction of sp³-hybridized carbons (Fsp3) is 0. The van der Waals surface area contributed by atoms with Crippen LogP contribution in [0, 0.1) is 19.1 Å². The van der Waals surface area contributed by atoms with E-state index in [-0.39, 0.29) is 0 Å². The predicted octanol–water partition coefficient (Wildman–Crippen LogP) is 1.47. The Morgan fingerprint density at radius 2 is 2.43 bits per heavy atom. The average Bonchev–Trinajstić information content (AvgIpc) is 1.69. The average molecular weight is 89.1 g/mol. The summed E-state index contributed by atoms with van der Waals surface area (Å²) >= 11 is 0. The van der Waals surface area contributed by atoms with Crippen molar-refractivity contribution in [3.8, 4) is 0 Å². The number of rotatable bonds is 0. The van der Waals surface area contributed by atoms with Crippen LogP contribution in [-0.2, 0) is 0 Å². The monoisotopic (exact) mass is 89.0 g/mol. The molecule has 0 saturated heterocycles. The van der Waals surface area contributed by atoms with E-state index in [1.54, 1.807) is 6.07 Å². The summed E-state index contributed by atoms with van der Waals surface area (Å²) in [6.45, 7) is 3.63. The first-order chi connectivity index (χ1) is 3.39. The van der Waals surface area contributed by atoms with Gasteiger partial charge in [0.05, 0.1) is 0 Å². The third-order valence-corrected chi connectivity index (χ3v) is 0.710. The first kappa shape index (κ1) is 4.38. The Bertz CT molecular complexity index is 130. The van der Waals surface area contributed by atoms with Crippen molar-refractivity contribution in [3.63, 3.8) is 0 Å². The summed E-state index contributed by atoms with van der Waals surface area (Å²) in [5.41, 5.74) is 0.891. The zero-order valence-corrected chi connectivity index (χ0v) is 3.94. The van der Waals surface area contributed by atoms with Crippen molar-refractivity contribution in [1.29, 1.82) is 0 Å². The second-order valence-corrected chi connectivity index (χ2v) is 1.32. The number of hydrogen-bond acceptors (Lipinski definition) is 0. The van der Waals surface area contributed by atoms with E-state index in [0.717, 1.165) is 5.56 Å². The SMILES string of the molecule is [CH2]c1[c][c]ccc1. The van der Waals surface area contributed by atoms with Crippen LogP contribution in [0.15, 0.2) is 18.2 Å². The standard InChI is InChI=1S/C7H5/c1-7-5-3-2-4-6-7/h2-3,5H,1H2. The lowest BCUT2D eigenvalue weighted by Crippen LogP contribution is -1.64. The Kier molecular flexibility index (Phi) is 1.12. The van der Waals surface area contributed by atoms with Crippen LogP contribution in [0.5, 0.6) is 0 Å². The van der Waals surface area contributed by atoms with E-state index < -0.39 is 0 Å². The van der Waals surface area contributed by atoms with Crippen LogP contribution in [0.25, 0.3) is 0 Å². The topological polar surface area (TPSA) is 0 Å². The fourth-order valence-electron chi connectivity index (χ4n) is 0.388. The van der Waals surface area contributed by atoms with E-state index in [0.29, 0.717) is 0 Å². The summed E-state index contributed by atoms with van der Waals surface area (Å²) in [6, 6.07) is 11.1. The van der Waals surface area contributed by atoms with Gasteiger partial charge < -0.3 is 0 Å². The molecule has 0 heterocycles. The lowest BCUT2D eigenvalue weighted by molar-refractivity contribution is 1.59. The van der Waals surface area contributed by atoms with Crippen molar-refractivity contribution < 1.29 is 0 Å². The number of hydrogen-bond donors (Lipinski definition) is 0. The smallest absolute Gasteiger partial charge is 0.00640 e. The molecule has 0 bridgehead atoms. The van der Waals surface area contributed by atoms with Crippen LogP contribution < -0.4 is 0 Å². The summed E-state index contributed by atoms with van der Waals surface area (Å²) in [7, 11) is 0. The Morgan fingerprint density at radius 3 is 2.71 bits per heavy atom. The molecule has 0 aliphatic heterocycles. The zero-order chi connectivity index (χ0) is 5.11. The highest BCUT2D eigenvalue weighted by Crippen LogP contribution is 1.90. The molecule has 0 amide bonds. The largest absolute Gasteiger partial charge is 0.0613 e. The minimum atomic E-state index is 0.891. The molecule has 0 N–H and O–H groups in total. The summed E-state index contributed by atoms with van der Waals surface area (Å²) < 4.78 is 0. The first-order valence-corrected chi connectivity index (χ1v) is 2.10. The molecule has 3 radical (unpaired) electrons. The summed E-state index contributed by atoms with van der Waals surface area (Å²) in [5, 5.41) is 0. The lowest BCUT2D eigenvalue weighted by Gasteiger charge is -1.80. The third kappa shape index (κ3) is 1.04. The highest BCUT2D eigenvalue weighted by atomic mass is 13.8. The summed E-state index contributed by atoms with van der Waals surface area (Å²) in [5.74, 6) is 0. The van der Waals surface area contributed by atoms with Gasteiger partial charge in [0.2, 0.25) is 0 Å². The lowest BCUT2D eigenvalue weighted by atomic mass is 10.2. The van der Waals surface area contributed by atoms with Gasteiger partial charge in [-0.25, -0.2) is 0 Å². The molecule has 1 aromatic rings. The van der Waals surface area contributed by atoms with Gasteiger partial charge in [-0.3, -0.25) is 0 Å². The Balaban J connectivity index is 3.02. The van der Waals surface area contributed by atoms with E-state index in [9.17, 15) is 0 Å². The van der Waals surface area contributed by atoms with Crippen LogP contribution in [0.3, 0.4) is 0 Å². The Morgan fingerprint density at radius 1 is 1.57 bits per heavy atom. The molecule has 0 atom stereocenters. The molecule has 0 aliphatic rings. The summed E-state index contributed by atoms with van der Waals surface area (Å²) in [6.07, 6.45) is 0. The molecule has 0 aromatic heterocycles. The molecule has 0 unspecified atom stereocenters. The second-order valence-electron chi connectivity index (χ2n) is 1.32. The van der Waals surface area contributed by atoms with E-state index in [4.69, 9.17) is 0 Å². The maximum absolute atomic E-state index is 3.63. The van der Waals surface area contributed by atoms with E-state index in [1.807, 2.05) is 12.1 Å². The van der Waals surface area contributed by atoms with Crippen molar-refractivity contribution in [2.24, 2.45) is 0 Å². The van der Waals surface area contributed by atoms with Crippen LogP contribution in [0.4, 0.5) is 0 Å². The second kappa shape index (κ2) is 1.78. The van der Waals surface area contributed by atoms with Crippen molar-refractivity contribution in [2.45, 2.75) is 0 Å². The number of benzene rings is 1. The normalized spacial score (nSPS) is 8.71. The van der Waals surface area contributed by atoms with E-state index in [2.05, 4.69) is 19.1 Å². The molecule has 7 heavy (non-hydrogen) atoms. The fourth-order valence-corrected chi connectivity index (χ4v) is 0.388. The molecule has 1 aromatic carbocycles. The van der Waals surface area contributed by atoms with Gasteiger partial charge in [-0.15, -0.1) is 0 Å². The van der Waals surface area contributed by atoms with Crippen LogP contribution >= 0.6 is 0 Å². The molecule has 0 fully saturated rings. The van der Waals surface area contributed by atoms with Gasteiger partial charge in [-0.1, -0.05) is 18.2 Å². The Labute approximate surface area is 43.8 Å². The van der Waals surface area contributed by atoms with Gasteiger partial charge in [0.15, 0.2) is 0 Å². The van der Waals surface area contributed by atoms with Crippen molar-refractivity contribution in [3.05, 3.63) is 42.8 Å². The molecular weight excluding hydrogens is 84.1 g/mol. The maximum atomic E-state index is 3.63. The van der Waals surface area contributed by atoms with Gasteiger partial charge in [0, 0.05) is 0 Å². The van der Waals surface area contributed by atoms with Crippen molar-refractivity contribution >= 4 is 0 Å². The zero-order valence-electron chi connectivity index (χ0n) is 3.94. The van der Waals surface area contributed by atoms with Gasteiger partial charge in [0.1, 0.15) is 0 Å². The molecular formula is C7H5. The van der Waals surface area contributed by atoms with Gasteiger partial charge in [-0.2, -0.15) is 0 Å². The minimum absolute atomic E-state index is 0.891. The quantitative estimate of drug-likeness (QED) is 0.451. The highest BCUT2D eigenvalue weighted by molar-refractivity contribution is 5.14. The predicted molar refractivity (Wildman–Crippen MR) is 28.6 cm³/mol. The van der Waals surface area contributed by atoms with Crippen LogP contribution in [-0.4, -0.2) is 0 Å². The molecule has 1 rings (SSSR count). The minimum Gasteiger partial charge on any atom is -0.0613 e. The molecule has 0 spiro atoms. The molecule has 0 saturated carbocycles. The Hall–Kier alpha value is -0.780. The molecule has 0 aliphatic carbocycles. The van der Waals surface area contributed by atoms with Gasteiger partial charge in [-0.05, 0) is 24.6 Å². The van der Waals surface area contributed by atoms with Crippen LogP contribution in [0.1, 0.15) is 5.56 Å². The molecule has 0 nitrogen and oxygen atoms in total. The van der Waals surface area contributed by atoms with Crippen molar-refractivity contribution in [2.75, 3.05) is 0 Å². The first-order valence-electron chi connectivity index (χ1n) is 2.10. The third-order valence-electron chi connectivity index (χ3n) is 0.710. The van der Waals surface area contributed by atoms with E-state index >= 15 is 0 Å². The maximum Gasteiger partial charge on any atom is -0.00640 e. The summed E-state index contributed by atoms with van der Waals surface area (Å²) in [4.78, 5) is 0. The van der Waals surface area contributed by atoms with Crippen molar-refractivity contribution in [1.82, 2.24) is 0 Å². The highest BCUT2D eigenvalue weighted by Gasteiger charge is 1.74. The van der Waals surface area contributed by atoms with Crippen LogP contribution in [0.2, 0.25) is 0 Å². The molecule has 0 heteroatoms. The van der Waals surface area contributed by atoms with E-state index in [1.165, 1.54) is 0 Å². The molecule has 33 valence electrons. The van der Waals surface area contributed by atoms with Gasteiger partial charge >= 0.3 is 0 Å². The van der Waals surface area contributed by atoms with Gasteiger partial charge in [0.25, 0.3) is 0 Å².